The van der Waals surface area contributed by atoms with E-state index in [1.165, 1.54) is 35.7 Å². The van der Waals surface area contributed by atoms with E-state index in [0.717, 1.165) is 5.56 Å². The second kappa shape index (κ2) is 6.39. The summed E-state index contributed by atoms with van der Waals surface area (Å²) in [5.41, 5.74) is 0.207. The molecule has 4 heterocycles. The number of piperidine rings is 1. The minimum Gasteiger partial charge on any atom is -0.345 e. The van der Waals surface area contributed by atoms with Gasteiger partial charge in [-0.05, 0) is 23.1 Å². The van der Waals surface area contributed by atoms with Crippen LogP contribution in [0, 0.1) is 5.41 Å². The molecule has 2 unspecified atom stereocenters. The lowest BCUT2D eigenvalue weighted by Crippen LogP contribution is -2.78. The monoisotopic (exact) mass is 433 g/mol. The maximum absolute atomic E-state index is 13.4. The number of benzene rings is 1. The number of amides is 2. The number of hydrogen-bond acceptors (Lipinski definition) is 6. The van der Waals surface area contributed by atoms with E-state index in [9.17, 15) is 14.4 Å². The number of nitrogens with zero attached hydrogens (tertiary/aromatic N) is 3. The van der Waals surface area contributed by atoms with Gasteiger partial charge in [-0.25, -0.2) is 10.0 Å². The summed E-state index contributed by atoms with van der Waals surface area (Å²) in [5, 5.41) is 4.57. The lowest BCUT2D eigenvalue weighted by Gasteiger charge is -2.57. The summed E-state index contributed by atoms with van der Waals surface area (Å²) in [7, 11) is 1.48. The number of fused-ring (bicyclic) bond motifs is 2. The number of para-hydroxylation sites is 1. The number of allylic oxidation sites excluding steroid dienone is 1. The lowest BCUT2D eigenvalue weighted by atomic mass is 9.55. The molecule has 0 aliphatic carbocycles. The molecule has 2 atom stereocenters. The Balaban J connectivity index is 1.89. The number of H-pyrrole nitrogens is 1. The zero-order chi connectivity index (χ0) is 22.9. The van der Waals surface area contributed by atoms with Gasteiger partial charge in [0.2, 0.25) is 11.6 Å². The van der Waals surface area contributed by atoms with Gasteiger partial charge in [-0.15, -0.1) is 6.58 Å². The van der Waals surface area contributed by atoms with E-state index in [0.29, 0.717) is 11.4 Å². The van der Waals surface area contributed by atoms with E-state index in [-0.39, 0.29) is 12.1 Å². The first-order chi connectivity index (χ1) is 15.2. The summed E-state index contributed by atoms with van der Waals surface area (Å²) in [4.78, 5) is 54.0. The Labute approximate surface area is 184 Å². The van der Waals surface area contributed by atoms with Crippen molar-refractivity contribution in [3.05, 3.63) is 66.4 Å². The number of imidazole rings is 1. The summed E-state index contributed by atoms with van der Waals surface area (Å²) in [6, 6.07) is 7.48. The normalized spacial score (nSPS) is 28.0. The summed E-state index contributed by atoms with van der Waals surface area (Å²) < 4.78 is 0. The first kappa shape index (κ1) is 20.2. The molecule has 1 spiro atoms. The minimum atomic E-state index is -1.50. The molecule has 2 fully saturated rings. The summed E-state index contributed by atoms with van der Waals surface area (Å²) in [6.45, 7) is 7.92. The van der Waals surface area contributed by atoms with Gasteiger partial charge in [0.25, 0.3) is 11.8 Å². The number of rotatable bonds is 4. The topological polar surface area (TPSA) is 108 Å². The maximum Gasteiger partial charge on any atom is 0.298 e. The van der Waals surface area contributed by atoms with E-state index in [1.54, 1.807) is 6.08 Å². The molecule has 1 aromatic carbocycles. The van der Waals surface area contributed by atoms with Crippen LogP contribution in [0.3, 0.4) is 0 Å². The second-order valence-electron chi connectivity index (χ2n) is 8.73. The fourth-order valence-corrected chi connectivity index (χ4v) is 5.51. The molecule has 0 saturated carbocycles. The SMILES string of the molecule is C=CC(C)(C)C12CC(=O)C(=O)N3C(=Cc4cnc[nH]4)C(=O)NC31N(OC)c1ccccc12. The van der Waals surface area contributed by atoms with Gasteiger partial charge in [0.1, 0.15) is 5.70 Å². The molecule has 2 amide bonds. The van der Waals surface area contributed by atoms with Crippen LogP contribution < -0.4 is 10.4 Å². The Hall–Kier alpha value is -3.72. The highest BCUT2D eigenvalue weighted by atomic mass is 16.7. The van der Waals surface area contributed by atoms with Crippen molar-refractivity contribution in [2.75, 3.05) is 12.2 Å². The predicted molar refractivity (Wildman–Crippen MR) is 115 cm³/mol. The van der Waals surface area contributed by atoms with Crippen molar-refractivity contribution in [1.82, 2.24) is 20.2 Å². The molecule has 3 aliphatic rings. The molecule has 9 heteroatoms. The number of anilines is 1. The number of carbonyl (C=O) groups excluding carboxylic acids is 3. The molecule has 9 nitrogen and oxygen atoms in total. The number of hydroxylamine groups is 1. The van der Waals surface area contributed by atoms with Crippen LogP contribution in [0.1, 0.15) is 31.5 Å². The van der Waals surface area contributed by atoms with Gasteiger partial charge < -0.3 is 10.3 Å². The summed E-state index contributed by atoms with van der Waals surface area (Å²) in [6.07, 6.45) is 6.15. The number of ketones is 1. The van der Waals surface area contributed by atoms with Gasteiger partial charge in [0.05, 0.1) is 36.4 Å². The van der Waals surface area contributed by atoms with Gasteiger partial charge in [-0.3, -0.25) is 24.1 Å². The van der Waals surface area contributed by atoms with Crippen LogP contribution >= 0.6 is 0 Å². The maximum atomic E-state index is 13.4. The minimum absolute atomic E-state index is 0.0337. The molecular weight excluding hydrogens is 410 g/mol. The molecule has 32 heavy (non-hydrogen) atoms. The van der Waals surface area contributed by atoms with Crippen molar-refractivity contribution in [3.63, 3.8) is 0 Å². The molecular formula is C23H23N5O4. The van der Waals surface area contributed by atoms with Crippen molar-refractivity contribution < 1.29 is 19.2 Å². The van der Waals surface area contributed by atoms with E-state index >= 15 is 0 Å². The van der Waals surface area contributed by atoms with Crippen LogP contribution in [-0.2, 0) is 24.6 Å². The molecule has 2 aromatic rings. The quantitative estimate of drug-likeness (QED) is 0.433. The Kier molecular flexibility index (Phi) is 4.04. The third-order valence-corrected chi connectivity index (χ3v) is 7.03. The van der Waals surface area contributed by atoms with Gasteiger partial charge in [-0.1, -0.05) is 38.1 Å². The third-order valence-electron chi connectivity index (χ3n) is 7.03. The van der Waals surface area contributed by atoms with E-state index in [4.69, 9.17) is 4.84 Å². The van der Waals surface area contributed by atoms with E-state index < -0.39 is 34.2 Å². The van der Waals surface area contributed by atoms with Crippen molar-refractivity contribution in [3.8, 4) is 0 Å². The fourth-order valence-electron chi connectivity index (χ4n) is 5.51. The third kappa shape index (κ3) is 2.11. The number of carbonyl (C=O) groups is 3. The van der Waals surface area contributed by atoms with Crippen LogP contribution in [0.25, 0.3) is 6.08 Å². The molecule has 0 bridgehead atoms. The van der Waals surface area contributed by atoms with E-state index in [2.05, 4.69) is 21.9 Å². The van der Waals surface area contributed by atoms with E-state index in [1.807, 2.05) is 38.1 Å². The Morgan fingerprint density at radius 3 is 2.66 bits per heavy atom. The molecule has 2 saturated heterocycles. The van der Waals surface area contributed by atoms with Gasteiger partial charge in [0, 0.05) is 6.42 Å². The summed E-state index contributed by atoms with van der Waals surface area (Å²) >= 11 is 0. The Bertz CT molecular complexity index is 1200. The number of Topliss-reactive ketones (excluding diaryl/α,β-unsaturated/α-hetero) is 1. The molecule has 3 aliphatic heterocycles. The molecule has 2 N–H and O–H groups in total. The highest BCUT2D eigenvalue weighted by Gasteiger charge is 2.78. The van der Waals surface area contributed by atoms with Crippen molar-refractivity contribution in [2.24, 2.45) is 5.41 Å². The average molecular weight is 433 g/mol. The van der Waals surface area contributed by atoms with Gasteiger partial charge in [0.15, 0.2) is 0 Å². The fraction of sp³-hybridized carbons (Fsp3) is 0.304. The molecule has 1 aromatic heterocycles. The number of aromatic amines is 1. The van der Waals surface area contributed by atoms with Crippen molar-refractivity contribution >= 4 is 29.4 Å². The van der Waals surface area contributed by atoms with Gasteiger partial charge in [-0.2, -0.15) is 0 Å². The van der Waals surface area contributed by atoms with Crippen LogP contribution in [0.2, 0.25) is 0 Å². The van der Waals surface area contributed by atoms with Crippen molar-refractivity contribution in [1.29, 1.82) is 0 Å². The highest BCUT2D eigenvalue weighted by Crippen LogP contribution is 2.65. The predicted octanol–water partition coefficient (Wildman–Crippen LogP) is 1.87. The first-order valence-corrected chi connectivity index (χ1v) is 10.2. The van der Waals surface area contributed by atoms with Crippen LogP contribution in [0.15, 0.2) is 55.1 Å². The largest absolute Gasteiger partial charge is 0.345 e. The molecule has 164 valence electrons. The average Bonchev–Trinajstić information content (AvgIpc) is 3.44. The van der Waals surface area contributed by atoms with Crippen molar-refractivity contribution in [2.45, 2.75) is 31.5 Å². The zero-order valence-electron chi connectivity index (χ0n) is 18.0. The van der Waals surface area contributed by atoms with Gasteiger partial charge >= 0.3 is 0 Å². The first-order valence-electron chi connectivity index (χ1n) is 10.2. The van der Waals surface area contributed by atoms with Crippen LogP contribution in [0.4, 0.5) is 5.69 Å². The Morgan fingerprint density at radius 2 is 2.00 bits per heavy atom. The number of hydrogen-bond donors (Lipinski definition) is 2. The number of aromatic nitrogens is 2. The molecule has 5 rings (SSSR count). The Morgan fingerprint density at radius 1 is 1.25 bits per heavy atom. The van der Waals surface area contributed by atoms with Crippen LogP contribution in [-0.4, -0.2) is 45.4 Å². The smallest absolute Gasteiger partial charge is 0.298 e. The standard InChI is InChI=1S/C23H23N5O4/c1-5-21(2,3)22-11-18(29)20(31)27-17(10-14-12-24-13-25-14)19(30)26-23(22,27)28(32-4)16-9-7-6-8-15(16)22/h5-10,12-13H,1,11H2,2-4H3,(H,24,25)(H,26,30). The summed E-state index contributed by atoms with van der Waals surface area (Å²) in [5.74, 6) is -3.37. The zero-order valence-corrected chi connectivity index (χ0v) is 18.0. The number of nitrogens with one attached hydrogen (secondary N) is 2. The van der Waals surface area contributed by atoms with Crippen LogP contribution in [0.5, 0.6) is 0 Å². The lowest BCUT2D eigenvalue weighted by molar-refractivity contribution is -0.165. The second-order valence-corrected chi connectivity index (χ2v) is 8.73. The molecule has 0 radical (unpaired) electrons. The highest BCUT2D eigenvalue weighted by molar-refractivity contribution is 6.39.